The molecule has 0 bridgehead atoms. The Hall–Kier alpha value is -3.65. The average Bonchev–Trinajstić information content (AvgIpc) is 3.40. The van der Waals surface area contributed by atoms with Crippen molar-refractivity contribution >= 4 is 11.8 Å². The van der Waals surface area contributed by atoms with Gasteiger partial charge in [0.2, 0.25) is 0 Å². The van der Waals surface area contributed by atoms with Crippen molar-refractivity contribution in [3.05, 3.63) is 71.9 Å². The van der Waals surface area contributed by atoms with Gasteiger partial charge in [-0.15, -0.1) is 0 Å². The van der Waals surface area contributed by atoms with E-state index in [4.69, 9.17) is 9.47 Å². The smallest absolute Gasteiger partial charge is 0.272 e. The Labute approximate surface area is 204 Å². The van der Waals surface area contributed by atoms with Crippen LogP contribution in [0.4, 0.5) is 0 Å². The minimum absolute atomic E-state index is 0.182. The molecular weight excluding hydrogens is 444 g/mol. The number of ether oxygens (including phenoxy) is 2. The fraction of sp³-hybridized carbons (Fsp3) is 0.370. The van der Waals surface area contributed by atoms with E-state index in [9.17, 15) is 9.59 Å². The molecule has 3 heterocycles. The number of carbonyl (C=O) groups excluding carboxylic acids is 2. The SMILES string of the molecule is O=C(c1cc(-c2ccccc2)n[nH]1)N1CCOC2(CCCCc3ccccc3OCCNC2=O)C1. The molecule has 2 aliphatic rings. The number of amides is 2. The normalized spacial score (nSPS) is 21.3. The van der Waals surface area contributed by atoms with Crippen LogP contribution in [0.15, 0.2) is 60.7 Å². The third kappa shape index (κ3) is 5.07. The summed E-state index contributed by atoms with van der Waals surface area (Å²) in [7, 11) is 0. The molecule has 1 fully saturated rings. The number of aryl methyl sites for hydroxylation is 1. The van der Waals surface area contributed by atoms with E-state index >= 15 is 0 Å². The van der Waals surface area contributed by atoms with Gasteiger partial charge in [-0.1, -0.05) is 48.5 Å². The maximum Gasteiger partial charge on any atom is 0.272 e. The lowest BCUT2D eigenvalue weighted by Crippen LogP contribution is -2.61. The van der Waals surface area contributed by atoms with Gasteiger partial charge >= 0.3 is 0 Å². The molecule has 2 amide bonds. The molecule has 8 nitrogen and oxygen atoms in total. The Morgan fingerprint density at radius 1 is 1.03 bits per heavy atom. The molecule has 182 valence electrons. The van der Waals surface area contributed by atoms with E-state index in [1.165, 1.54) is 5.56 Å². The number of benzene rings is 2. The minimum Gasteiger partial charge on any atom is -0.491 e. The summed E-state index contributed by atoms with van der Waals surface area (Å²) < 4.78 is 12.0. The van der Waals surface area contributed by atoms with Crippen molar-refractivity contribution in [1.29, 1.82) is 0 Å². The molecule has 5 rings (SSSR count). The zero-order valence-electron chi connectivity index (χ0n) is 19.7. The number of H-pyrrole nitrogens is 1. The second-order valence-corrected chi connectivity index (χ2v) is 9.02. The van der Waals surface area contributed by atoms with Gasteiger partial charge in [-0.05, 0) is 43.4 Å². The number of nitrogens with zero attached hydrogens (tertiary/aromatic N) is 2. The zero-order chi connectivity index (χ0) is 24.1. The van der Waals surface area contributed by atoms with E-state index < -0.39 is 5.60 Å². The zero-order valence-corrected chi connectivity index (χ0v) is 19.7. The molecular formula is C27H30N4O4. The number of hydrogen-bond donors (Lipinski definition) is 2. The lowest BCUT2D eigenvalue weighted by molar-refractivity contribution is -0.159. The molecule has 1 spiro atoms. The second-order valence-electron chi connectivity index (χ2n) is 9.02. The molecule has 1 unspecified atom stereocenters. The van der Waals surface area contributed by atoms with Gasteiger partial charge in [-0.3, -0.25) is 14.7 Å². The molecule has 2 aromatic carbocycles. The van der Waals surface area contributed by atoms with Crippen molar-refractivity contribution in [3.63, 3.8) is 0 Å². The maximum absolute atomic E-state index is 13.3. The first-order valence-electron chi connectivity index (χ1n) is 12.2. The fourth-order valence-electron chi connectivity index (χ4n) is 4.78. The van der Waals surface area contributed by atoms with Crippen LogP contribution in [0.3, 0.4) is 0 Å². The van der Waals surface area contributed by atoms with Crippen LogP contribution in [0.25, 0.3) is 11.3 Å². The number of nitrogens with one attached hydrogen (secondary N) is 2. The quantitative estimate of drug-likeness (QED) is 0.595. The van der Waals surface area contributed by atoms with Gasteiger partial charge in [0.1, 0.15) is 18.1 Å². The first-order chi connectivity index (χ1) is 17.1. The second kappa shape index (κ2) is 10.3. The van der Waals surface area contributed by atoms with Crippen molar-refractivity contribution in [3.8, 4) is 17.0 Å². The number of para-hydroxylation sites is 1. The van der Waals surface area contributed by atoms with Crippen LogP contribution in [0.5, 0.6) is 5.75 Å². The maximum atomic E-state index is 13.3. The highest BCUT2D eigenvalue weighted by atomic mass is 16.5. The van der Waals surface area contributed by atoms with Crippen LogP contribution < -0.4 is 10.1 Å². The number of rotatable bonds is 2. The molecule has 0 radical (unpaired) electrons. The Morgan fingerprint density at radius 2 is 1.86 bits per heavy atom. The molecule has 8 heteroatoms. The lowest BCUT2D eigenvalue weighted by atomic mass is 9.91. The van der Waals surface area contributed by atoms with Gasteiger partial charge in [0.15, 0.2) is 5.60 Å². The predicted molar refractivity (Wildman–Crippen MR) is 131 cm³/mol. The van der Waals surface area contributed by atoms with Gasteiger partial charge in [-0.2, -0.15) is 5.10 Å². The monoisotopic (exact) mass is 474 g/mol. The summed E-state index contributed by atoms with van der Waals surface area (Å²) in [4.78, 5) is 28.3. The van der Waals surface area contributed by atoms with Gasteiger partial charge in [0.05, 0.1) is 25.4 Å². The highest BCUT2D eigenvalue weighted by Gasteiger charge is 2.44. The molecule has 3 aromatic rings. The summed E-state index contributed by atoms with van der Waals surface area (Å²) in [6.45, 7) is 1.67. The van der Waals surface area contributed by atoms with Crippen molar-refractivity contribution in [1.82, 2.24) is 20.4 Å². The Morgan fingerprint density at radius 3 is 2.74 bits per heavy atom. The molecule has 0 aliphatic carbocycles. The fourth-order valence-corrected chi connectivity index (χ4v) is 4.78. The summed E-state index contributed by atoms with van der Waals surface area (Å²) in [5.41, 5.74) is 2.14. The average molecular weight is 475 g/mol. The first-order valence-corrected chi connectivity index (χ1v) is 12.2. The van der Waals surface area contributed by atoms with E-state index in [-0.39, 0.29) is 18.4 Å². The number of aromatic nitrogens is 2. The summed E-state index contributed by atoms with van der Waals surface area (Å²) in [6.07, 6.45) is 3.11. The number of hydrogen-bond acceptors (Lipinski definition) is 5. The first kappa shape index (κ1) is 23.1. The molecule has 35 heavy (non-hydrogen) atoms. The highest BCUT2D eigenvalue weighted by molar-refractivity contribution is 5.94. The lowest BCUT2D eigenvalue weighted by Gasteiger charge is -2.41. The summed E-state index contributed by atoms with van der Waals surface area (Å²) in [5.74, 6) is 0.498. The largest absolute Gasteiger partial charge is 0.491 e. The number of aromatic amines is 1. The topological polar surface area (TPSA) is 96.6 Å². The Balaban J connectivity index is 1.30. The van der Waals surface area contributed by atoms with Crippen LogP contribution in [-0.2, 0) is 16.0 Å². The van der Waals surface area contributed by atoms with Gasteiger partial charge in [0.25, 0.3) is 11.8 Å². The molecule has 2 N–H and O–H groups in total. The van der Waals surface area contributed by atoms with E-state index in [1.807, 2.05) is 48.5 Å². The van der Waals surface area contributed by atoms with Crippen LogP contribution in [0, 0.1) is 0 Å². The Kier molecular flexibility index (Phi) is 6.81. The summed E-state index contributed by atoms with van der Waals surface area (Å²) in [5, 5.41) is 10.2. The van der Waals surface area contributed by atoms with Gasteiger partial charge in [-0.25, -0.2) is 0 Å². The van der Waals surface area contributed by atoms with Crippen LogP contribution in [0.1, 0.15) is 35.3 Å². The van der Waals surface area contributed by atoms with Crippen molar-refractivity contribution in [2.24, 2.45) is 0 Å². The number of morpholine rings is 1. The van der Waals surface area contributed by atoms with Crippen LogP contribution >= 0.6 is 0 Å². The highest BCUT2D eigenvalue weighted by Crippen LogP contribution is 2.28. The van der Waals surface area contributed by atoms with Gasteiger partial charge in [0, 0.05) is 12.1 Å². The Bertz CT molecular complexity index is 1180. The minimum atomic E-state index is -1.07. The molecule has 1 saturated heterocycles. The third-order valence-corrected chi connectivity index (χ3v) is 6.66. The number of fused-ring (bicyclic) bond motifs is 1. The molecule has 0 saturated carbocycles. The van der Waals surface area contributed by atoms with Crippen molar-refractivity contribution < 1.29 is 19.1 Å². The third-order valence-electron chi connectivity index (χ3n) is 6.66. The molecule has 1 atom stereocenters. The van der Waals surface area contributed by atoms with Gasteiger partial charge < -0.3 is 19.7 Å². The predicted octanol–water partition coefficient (Wildman–Crippen LogP) is 3.21. The standard InChI is InChI=1S/C27H30N4O4/c32-25(23-18-22(29-30-23)20-8-2-1-3-9-20)31-15-17-35-27(19-31)13-7-6-11-21-10-4-5-12-24(21)34-16-14-28-26(27)33/h1-5,8-10,12,18H,6-7,11,13-17,19H2,(H,28,33)(H,29,30). The molecule has 1 aromatic heterocycles. The van der Waals surface area contributed by atoms with E-state index in [1.54, 1.807) is 11.0 Å². The summed E-state index contributed by atoms with van der Waals surface area (Å²) in [6, 6.07) is 19.5. The van der Waals surface area contributed by atoms with E-state index in [0.717, 1.165) is 30.6 Å². The number of carbonyl (C=O) groups is 2. The van der Waals surface area contributed by atoms with Crippen molar-refractivity contribution in [2.45, 2.75) is 31.3 Å². The van der Waals surface area contributed by atoms with Crippen LogP contribution in [0.2, 0.25) is 0 Å². The molecule has 2 aliphatic heterocycles. The van der Waals surface area contributed by atoms with Crippen molar-refractivity contribution in [2.75, 3.05) is 32.8 Å². The van der Waals surface area contributed by atoms with E-state index in [0.29, 0.717) is 44.1 Å². The summed E-state index contributed by atoms with van der Waals surface area (Å²) >= 11 is 0. The van der Waals surface area contributed by atoms with Crippen LogP contribution in [-0.4, -0.2) is 65.4 Å². The van der Waals surface area contributed by atoms with E-state index in [2.05, 4.69) is 21.6 Å².